The van der Waals surface area contributed by atoms with Crippen molar-refractivity contribution in [2.75, 3.05) is 33.2 Å². The van der Waals surface area contributed by atoms with Gasteiger partial charge in [0, 0.05) is 18.3 Å². The van der Waals surface area contributed by atoms with Crippen LogP contribution in [0, 0.1) is 5.41 Å². The van der Waals surface area contributed by atoms with E-state index in [0.29, 0.717) is 10.7 Å². The van der Waals surface area contributed by atoms with Crippen LogP contribution in [0.5, 0.6) is 0 Å². The summed E-state index contributed by atoms with van der Waals surface area (Å²) in [7, 11) is 2.15. The first-order chi connectivity index (χ1) is 7.90. The van der Waals surface area contributed by atoms with Gasteiger partial charge < -0.3 is 10.2 Å². The van der Waals surface area contributed by atoms with Crippen LogP contribution in [-0.4, -0.2) is 48.5 Å². The van der Waals surface area contributed by atoms with Gasteiger partial charge >= 0.3 is 0 Å². The Morgan fingerprint density at radius 2 is 2.18 bits per heavy atom. The summed E-state index contributed by atoms with van der Waals surface area (Å²) in [5, 5.41) is 5.24. The zero-order valence-electron chi connectivity index (χ0n) is 11.9. The fraction of sp³-hybridized carbons (Fsp3) is 0.923. The number of hydrogen-bond donors (Lipinski definition) is 1. The lowest BCUT2D eigenvalue weighted by Gasteiger charge is -2.21. The predicted octanol–water partition coefficient (Wildman–Crippen LogP) is 2.44. The van der Waals surface area contributed by atoms with Crippen molar-refractivity contribution in [3.63, 3.8) is 0 Å². The fourth-order valence-electron chi connectivity index (χ4n) is 1.82. The molecule has 0 bridgehead atoms. The standard InChI is InChI=1S/C13H27N3S/c1-6-16(5)8-7-14-12-15-10-11(17-12)9-13(2,3)4/h11H,6-10H2,1-5H3,(H,14,15). The number of hydrogen-bond acceptors (Lipinski definition) is 4. The Hall–Kier alpha value is -0.220. The lowest BCUT2D eigenvalue weighted by Crippen LogP contribution is -2.31. The number of amidine groups is 1. The largest absolute Gasteiger partial charge is 0.364 e. The highest BCUT2D eigenvalue weighted by Gasteiger charge is 2.24. The van der Waals surface area contributed by atoms with E-state index >= 15 is 0 Å². The normalized spacial score (nSPS) is 20.8. The third-order valence-electron chi connectivity index (χ3n) is 2.87. The van der Waals surface area contributed by atoms with Crippen LogP contribution in [-0.2, 0) is 0 Å². The van der Waals surface area contributed by atoms with Crippen LogP contribution in [0.15, 0.2) is 4.99 Å². The molecule has 0 aromatic carbocycles. The average Bonchev–Trinajstić information content (AvgIpc) is 2.62. The van der Waals surface area contributed by atoms with Crippen molar-refractivity contribution in [2.24, 2.45) is 10.4 Å². The topological polar surface area (TPSA) is 27.6 Å². The summed E-state index contributed by atoms with van der Waals surface area (Å²) >= 11 is 1.92. The van der Waals surface area contributed by atoms with Crippen LogP contribution < -0.4 is 5.32 Å². The molecule has 0 spiro atoms. The summed E-state index contributed by atoms with van der Waals surface area (Å²) in [5.74, 6) is 0. The second-order valence-corrected chi connectivity index (χ2v) is 7.26. The van der Waals surface area contributed by atoms with Gasteiger partial charge in [-0.3, -0.25) is 4.99 Å². The lowest BCUT2D eigenvalue weighted by atomic mass is 9.90. The molecule has 1 heterocycles. The summed E-state index contributed by atoms with van der Waals surface area (Å²) in [6.45, 7) is 13.3. The first kappa shape index (κ1) is 14.8. The van der Waals surface area contributed by atoms with E-state index in [2.05, 4.69) is 50.0 Å². The predicted molar refractivity (Wildman–Crippen MR) is 78.9 cm³/mol. The van der Waals surface area contributed by atoms with E-state index in [0.717, 1.165) is 31.3 Å². The van der Waals surface area contributed by atoms with Gasteiger partial charge in [0.2, 0.25) is 0 Å². The SMILES string of the molecule is CCN(C)CCNC1=NCC(CC(C)(C)C)S1. The molecule has 0 fully saturated rings. The van der Waals surface area contributed by atoms with Crippen molar-refractivity contribution in [1.29, 1.82) is 0 Å². The Morgan fingerprint density at radius 3 is 2.76 bits per heavy atom. The van der Waals surface area contributed by atoms with E-state index in [1.54, 1.807) is 0 Å². The molecule has 0 saturated heterocycles. The summed E-state index contributed by atoms with van der Waals surface area (Å²) < 4.78 is 0. The van der Waals surface area contributed by atoms with Gasteiger partial charge in [0.25, 0.3) is 0 Å². The molecule has 1 rings (SSSR count). The van der Waals surface area contributed by atoms with Crippen LogP contribution in [0.2, 0.25) is 0 Å². The molecule has 100 valence electrons. The third-order valence-corrected chi connectivity index (χ3v) is 4.01. The van der Waals surface area contributed by atoms with Gasteiger partial charge in [0.1, 0.15) is 0 Å². The van der Waals surface area contributed by atoms with E-state index in [1.807, 2.05) is 11.8 Å². The molecule has 0 amide bonds. The molecule has 1 unspecified atom stereocenters. The minimum atomic E-state index is 0.408. The van der Waals surface area contributed by atoms with Crippen molar-refractivity contribution in [3.8, 4) is 0 Å². The molecule has 1 aliphatic heterocycles. The number of nitrogens with zero attached hydrogens (tertiary/aromatic N) is 2. The van der Waals surface area contributed by atoms with Crippen LogP contribution >= 0.6 is 11.8 Å². The highest BCUT2D eigenvalue weighted by Crippen LogP contribution is 2.31. The highest BCUT2D eigenvalue weighted by atomic mass is 32.2. The molecule has 4 heteroatoms. The molecule has 0 saturated carbocycles. The quantitative estimate of drug-likeness (QED) is 0.820. The van der Waals surface area contributed by atoms with Crippen molar-refractivity contribution in [1.82, 2.24) is 10.2 Å². The first-order valence-corrected chi connectivity index (χ1v) is 7.42. The average molecular weight is 257 g/mol. The molecule has 0 aromatic rings. The van der Waals surface area contributed by atoms with E-state index in [1.165, 1.54) is 6.42 Å². The van der Waals surface area contributed by atoms with Crippen molar-refractivity contribution >= 4 is 16.9 Å². The lowest BCUT2D eigenvalue weighted by molar-refractivity contribution is 0.358. The van der Waals surface area contributed by atoms with Gasteiger partial charge in [-0.25, -0.2) is 0 Å². The molecule has 3 nitrogen and oxygen atoms in total. The molecular weight excluding hydrogens is 230 g/mol. The van der Waals surface area contributed by atoms with E-state index in [9.17, 15) is 0 Å². The summed E-state index contributed by atoms with van der Waals surface area (Å²) in [4.78, 5) is 6.88. The second-order valence-electron chi connectivity index (χ2n) is 5.97. The van der Waals surface area contributed by atoms with Gasteiger partial charge in [-0.1, -0.05) is 39.5 Å². The third kappa shape index (κ3) is 6.32. The van der Waals surface area contributed by atoms with Gasteiger partial charge in [-0.05, 0) is 25.4 Å². The number of thioether (sulfide) groups is 1. The van der Waals surface area contributed by atoms with Crippen LogP contribution in [0.25, 0.3) is 0 Å². The Labute approximate surface area is 110 Å². The van der Waals surface area contributed by atoms with Crippen molar-refractivity contribution < 1.29 is 0 Å². The van der Waals surface area contributed by atoms with Crippen LogP contribution in [0.3, 0.4) is 0 Å². The maximum Gasteiger partial charge on any atom is 0.156 e. The maximum atomic E-state index is 4.57. The van der Waals surface area contributed by atoms with Crippen LogP contribution in [0.4, 0.5) is 0 Å². The molecule has 17 heavy (non-hydrogen) atoms. The minimum Gasteiger partial charge on any atom is -0.364 e. The minimum absolute atomic E-state index is 0.408. The Bertz CT molecular complexity index is 258. The summed E-state index contributed by atoms with van der Waals surface area (Å²) in [5.41, 5.74) is 0.408. The molecule has 1 aliphatic rings. The number of aliphatic imine (C=N–C) groups is 1. The van der Waals surface area contributed by atoms with E-state index in [-0.39, 0.29) is 0 Å². The zero-order chi connectivity index (χ0) is 12.9. The molecular formula is C13H27N3S. The molecule has 1 N–H and O–H groups in total. The summed E-state index contributed by atoms with van der Waals surface area (Å²) in [6, 6.07) is 0. The van der Waals surface area contributed by atoms with Crippen molar-refractivity contribution in [2.45, 2.75) is 39.4 Å². The molecule has 0 radical (unpaired) electrons. The van der Waals surface area contributed by atoms with Crippen LogP contribution in [0.1, 0.15) is 34.1 Å². The molecule has 0 aromatic heterocycles. The maximum absolute atomic E-state index is 4.57. The Balaban J connectivity index is 2.17. The smallest absolute Gasteiger partial charge is 0.156 e. The number of likely N-dealkylation sites (N-methyl/N-ethyl adjacent to an activating group) is 1. The Morgan fingerprint density at radius 1 is 1.47 bits per heavy atom. The van der Waals surface area contributed by atoms with E-state index < -0.39 is 0 Å². The van der Waals surface area contributed by atoms with Gasteiger partial charge in [0.05, 0.1) is 6.54 Å². The molecule has 1 atom stereocenters. The first-order valence-electron chi connectivity index (χ1n) is 6.54. The summed E-state index contributed by atoms with van der Waals surface area (Å²) in [6.07, 6.45) is 1.24. The van der Waals surface area contributed by atoms with Gasteiger partial charge in [0.15, 0.2) is 5.17 Å². The highest BCUT2D eigenvalue weighted by molar-refractivity contribution is 8.14. The molecule has 0 aliphatic carbocycles. The van der Waals surface area contributed by atoms with Crippen molar-refractivity contribution in [3.05, 3.63) is 0 Å². The fourth-order valence-corrected chi connectivity index (χ4v) is 3.20. The van der Waals surface area contributed by atoms with Gasteiger partial charge in [-0.15, -0.1) is 0 Å². The zero-order valence-corrected chi connectivity index (χ0v) is 12.7. The second kappa shape index (κ2) is 6.64. The van der Waals surface area contributed by atoms with Gasteiger partial charge in [-0.2, -0.15) is 0 Å². The Kier molecular flexibility index (Phi) is 5.80. The van der Waals surface area contributed by atoms with E-state index in [4.69, 9.17) is 0 Å². The monoisotopic (exact) mass is 257 g/mol. The number of nitrogens with one attached hydrogen (secondary N) is 1. The number of rotatable bonds is 5.